The molecular formula is C16H20N2O. The number of likely N-dealkylation sites (tertiary alicyclic amines) is 1. The summed E-state index contributed by atoms with van der Waals surface area (Å²) in [6.07, 6.45) is 7.82. The van der Waals surface area contributed by atoms with Gasteiger partial charge in [0.1, 0.15) is 0 Å². The van der Waals surface area contributed by atoms with Gasteiger partial charge in [0.25, 0.3) is 0 Å². The van der Waals surface area contributed by atoms with E-state index in [-0.39, 0.29) is 11.9 Å². The Bertz CT molecular complexity index is 455. The summed E-state index contributed by atoms with van der Waals surface area (Å²) < 4.78 is 0. The van der Waals surface area contributed by atoms with E-state index in [1.165, 1.54) is 0 Å². The van der Waals surface area contributed by atoms with Crippen LogP contribution in [0, 0.1) is 12.5 Å². The zero-order chi connectivity index (χ0) is 13.7. The number of hydrogen-bond donors (Lipinski definition) is 0. The molecule has 3 heteroatoms. The molecule has 2 rings (SSSR count). The fourth-order valence-corrected chi connectivity index (χ4v) is 2.57. The largest absolute Gasteiger partial charge is 0.333 e. The van der Waals surface area contributed by atoms with E-state index in [1.54, 1.807) is 0 Å². The molecule has 1 saturated heterocycles. The smallest absolute Gasteiger partial charge is 0.226 e. The van der Waals surface area contributed by atoms with E-state index < -0.39 is 0 Å². The highest BCUT2D eigenvalue weighted by Crippen LogP contribution is 2.24. The molecule has 0 unspecified atom stereocenters. The summed E-state index contributed by atoms with van der Waals surface area (Å²) in [5.74, 6) is 0.186. The average molecular weight is 256 g/mol. The number of amides is 1. The van der Waals surface area contributed by atoms with Crippen LogP contribution in [-0.2, 0) is 4.79 Å². The van der Waals surface area contributed by atoms with Crippen LogP contribution < -0.4 is 4.90 Å². The van der Waals surface area contributed by atoms with Gasteiger partial charge in [0.15, 0.2) is 0 Å². The van der Waals surface area contributed by atoms with Crippen LogP contribution in [0.25, 0.3) is 0 Å². The van der Waals surface area contributed by atoms with Gasteiger partial charge in [0.2, 0.25) is 5.91 Å². The highest BCUT2D eigenvalue weighted by atomic mass is 16.2. The first-order valence-corrected chi connectivity index (χ1v) is 6.84. The van der Waals surface area contributed by atoms with E-state index >= 15 is 0 Å². The molecule has 0 bridgehead atoms. The molecule has 1 aromatic carbocycles. The molecule has 0 spiro atoms. The SMILES string of the molecule is C#CN1CCC(N(C(=O)CC)c2ccccc2)CC1. The molecule has 1 amide bonds. The fourth-order valence-electron chi connectivity index (χ4n) is 2.57. The molecule has 1 heterocycles. The summed E-state index contributed by atoms with van der Waals surface area (Å²) in [7, 11) is 0. The van der Waals surface area contributed by atoms with E-state index in [2.05, 4.69) is 6.04 Å². The molecule has 1 aliphatic heterocycles. The van der Waals surface area contributed by atoms with E-state index in [0.29, 0.717) is 6.42 Å². The van der Waals surface area contributed by atoms with E-state index in [1.807, 2.05) is 47.1 Å². The number of benzene rings is 1. The molecule has 3 nitrogen and oxygen atoms in total. The first-order valence-electron chi connectivity index (χ1n) is 6.84. The molecule has 0 radical (unpaired) electrons. The topological polar surface area (TPSA) is 23.6 Å². The summed E-state index contributed by atoms with van der Waals surface area (Å²) >= 11 is 0. The predicted molar refractivity (Wildman–Crippen MR) is 77.6 cm³/mol. The summed E-state index contributed by atoms with van der Waals surface area (Å²) in [5.41, 5.74) is 0.994. The number of rotatable bonds is 3. The second kappa shape index (κ2) is 6.29. The Morgan fingerprint density at radius 1 is 1.37 bits per heavy atom. The van der Waals surface area contributed by atoms with Crippen molar-refractivity contribution in [1.82, 2.24) is 4.90 Å². The number of para-hydroxylation sites is 1. The Hall–Kier alpha value is -1.95. The van der Waals surface area contributed by atoms with Crippen LogP contribution in [0.3, 0.4) is 0 Å². The highest BCUT2D eigenvalue weighted by Gasteiger charge is 2.27. The quantitative estimate of drug-likeness (QED) is 0.776. The van der Waals surface area contributed by atoms with E-state index in [4.69, 9.17) is 6.42 Å². The van der Waals surface area contributed by atoms with Crippen molar-refractivity contribution < 1.29 is 4.79 Å². The van der Waals surface area contributed by atoms with Crippen LogP contribution >= 0.6 is 0 Å². The molecule has 100 valence electrons. The van der Waals surface area contributed by atoms with Crippen LogP contribution in [0.15, 0.2) is 30.3 Å². The van der Waals surface area contributed by atoms with E-state index in [0.717, 1.165) is 31.6 Å². The lowest BCUT2D eigenvalue weighted by Crippen LogP contribution is -2.46. The predicted octanol–water partition coefficient (Wildman–Crippen LogP) is 2.48. The van der Waals surface area contributed by atoms with Gasteiger partial charge in [-0.1, -0.05) is 31.5 Å². The van der Waals surface area contributed by atoms with Gasteiger partial charge in [-0.2, -0.15) is 0 Å². The Labute approximate surface area is 115 Å². The van der Waals surface area contributed by atoms with Crippen LogP contribution in [-0.4, -0.2) is 29.9 Å². The van der Waals surface area contributed by atoms with Gasteiger partial charge in [0, 0.05) is 37.3 Å². The van der Waals surface area contributed by atoms with Crippen molar-refractivity contribution in [1.29, 1.82) is 0 Å². The molecule has 1 aromatic rings. The Morgan fingerprint density at radius 2 is 2.00 bits per heavy atom. The molecule has 0 atom stereocenters. The van der Waals surface area contributed by atoms with Gasteiger partial charge in [-0.25, -0.2) is 0 Å². The van der Waals surface area contributed by atoms with Crippen LogP contribution in [0.5, 0.6) is 0 Å². The minimum Gasteiger partial charge on any atom is -0.333 e. The van der Waals surface area contributed by atoms with Crippen molar-refractivity contribution in [2.75, 3.05) is 18.0 Å². The molecule has 19 heavy (non-hydrogen) atoms. The molecule has 1 aliphatic rings. The molecule has 0 saturated carbocycles. The van der Waals surface area contributed by atoms with Crippen molar-refractivity contribution in [3.05, 3.63) is 30.3 Å². The number of carbonyl (C=O) groups is 1. The third-order valence-electron chi connectivity index (χ3n) is 3.62. The lowest BCUT2D eigenvalue weighted by molar-refractivity contribution is -0.119. The van der Waals surface area contributed by atoms with Crippen molar-refractivity contribution in [2.45, 2.75) is 32.2 Å². The summed E-state index contributed by atoms with van der Waals surface area (Å²) in [4.78, 5) is 16.2. The van der Waals surface area contributed by atoms with Crippen LogP contribution in [0.2, 0.25) is 0 Å². The lowest BCUT2D eigenvalue weighted by Gasteiger charge is -2.37. The third-order valence-corrected chi connectivity index (χ3v) is 3.62. The maximum atomic E-state index is 12.2. The zero-order valence-electron chi connectivity index (χ0n) is 11.4. The molecule has 0 N–H and O–H groups in total. The summed E-state index contributed by atoms with van der Waals surface area (Å²) in [6, 6.07) is 12.9. The molecule has 0 aliphatic carbocycles. The van der Waals surface area contributed by atoms with Crippen molar-refractivity contribution in [3.63, 3.8) is 0 Å². The van der Waals surface area contributed by atoms with Gasteiger partial charge in [-0.05, 0) is 25.0 Å². The molecule has 1 fully saturated rings. The highest BCUT2D eigenvalue weighted by molar-refractivity contribution is 5.93. The number of anilines is 1. The summed E-state index contributed by atoms with van der Waals surface area (Å²) in [5, 5.41) is 0. The first-order chi connectivity index (χ1) is 9.26. The van der Waals surface area contributed by atoms with Crippen LogP contribution in [0.4, 0.5) is 5.69 Å². The average Bonchev–Trinajstić information content (AvgIpc) is 2.49. The maximum absolute atomic E-state index is 12.2. The van der Waals surface area contributed by atoms with Gasteiger partial charge in [-0.15, -0.1) is 0 Å². The normalized spacial score (nSPS) is 15.9. The Balaban J connectivity index is 2.16. The first kappa shape index (κ1) is 13.5. The Kier molecular flexibility index (Phi) is 4.46. The molecule has 0 aromatic heterocycles. The number of hydrogen-bond acceptors (Lipinski definition) is 2. The number of nitrogens with zero attached hydrogens (tertiary/aromatic N) is 2. The van der Waals surface area contributed by atoms with Gasteiger partial charge in [-0.3, -0.25) is 4.79 Å². The summed E-state index contributed by atoms with van der Waals surface area (Å²) in [6.45, 7) is 3.64. The maximum Gasteiger partial charge on any atom is 0.226 e. The second-order valence-corrected chi connectivity index (χ2v) is 4.80. The fraction of sp³-hybridized carbons (Fsp3) is 0.438. The van der Waals surface area contributed by atoms with Crippen LogP contribution in [0.1, 0.15) is 26.2 Å². The second-order valence-electron chi connectivity index (χ2n) is 4.80. The van der Waals surface area contributed by atoms with Crippen molar-refractivity contribution in [2.24, 2.45) is 0 Å². The number of piperidine rings is 1. The zero-order valence-corrected chi connectivity index (χ0v) is 11.4. The molecular weight excluding hydrogens is 236 g/mol. The van der Waals surface area contributed by atoms with Crippen molar-refractivity contribution in [3.8, 4) is 12.5 Å². The lowest BCUT2D eigenvalue weighted by atomic mass is 10.0. The van der Waals surface area contributed by atoms with E-state index in [9.17, 15) is 4.79 Å². The number of terminal acetylenes is 1. The standard InChI is InChI=1S/C16H20N2O/c1-3-16(19)18(14-8-6-5-7-9-14)15-10-12-17(4-2)13-11-15/h2,5-9,15H,3,10-13H2,1H3. The number of carbonyl (C=O) groups excluding carboxylic acids is 1. The minimum absolute atomic E-state index is 0.186. The minimum atomic E-state index is 0.186. The Morgan fingerprint density at radius 3 is 2.53 bits per heavy atom. The van der Waals surface area contributed by atoms with Gasteiger partial charge < -0.3 is 9.80 Å². The monoisotopic (exact) mass is 256 g/mol. The third kappa shape index (κ3) is 3.08. The van der Waals surface area contributed by atoms with Gasteiger partial charge in [0.05, 0.1) is 0 Å². The van der Waals surface area contributed by atoms with Crippen molar-refractivity contribution >= 4 is 11.6 Å². The van der Waals surface area contributed by atoms with Gasteiger partial charge >= 0.3 is 0 Å².